The Morgan fingerprint density at radius 1 is 0.800 bits per heavy atom. The quantitative estimate of drug-likeness (QED) is 0.552. The number of methoxy groups -OCH3 is 1. The molecule has 0 unspecified atom stereocenters. The van der Waals surface area contributed by atoms with Gasteiger partial charge in [0.25, 0.3) is 0 Å². The van der Waals surface area contributed by atoms with Gasteiger partial charge in [-0.15, -0.1) is 0 Å². The molecule has 0 N–H and O–H groups in total. The fourth-order valence-electron chi connectivity index (χ4n) is 3.48. The lowest BCUT2D eigenvalue weighted by atomic mass is 9.72. The molecule has 0 aromatic heterocycles. The Labute approximate surface area is 159 Å². The minimum Gasteiger partial charge on any atom is -0.496 e. The Morgan fingerprint density at radius 2 is 1.32 bits per heavy atom. The number of rotatable bonds is 3. The lowest BCUT2D eigenvalue weighted by molar-refractivity contribution is 0.383. The Bertz CT molecular complexity index is 722. The van der Waals surface area contributed by atoms with Crippen LogP contribution >= 0.6 is 11.6 Å². The van der Waals surface area contributed by atoms with Crippen molar-refractivity contribution >= 4 is 11.6 Å². The Balaban J connectivity index is 2.53. The first-order valence-electron chi connectivity index (χ1n) is 9.07. The van der Waals surface area contributed by atoms with E-state index in [1.54, 1.807) is 7.11 Å². The average Bonchev–Trinajstić information content (AvgIpc) is 2.96. The van der Waals surface area contributed by atoms with Gasteiger partial charge < -0.3 is 4.74 Å². The molecule has 138 valence electrons. The van der Waals surface area contributed by atoms with Crippen LogP contribution in [0.1, 0.15) is 72.9 Å². The summed E-state index contributed by atoms with van der Waals surface area (Å²) >= 11 is 6.51. The van der Waals surface area contributed by atoms with Gasteiger partial charge in [0.2, 0.25) is 0 Å². The van der Waals surface area contributed by atoms with Crippen LogP contribution in [0.4, 0.5) is 0 Å². The molecule has 2 rings (SSSR count). The summed E-state index contributed by atoms with van der Waals surface area (Å²) in [5, 5.41) is 0.774. The van der Waals surface area contributed by atoms with Crippen molar-refractivity contribution in [2.75, 3.05) is 7.11 Å². The summed E-state index contributed by atoms with van der Waals surface area (Å²) < 4.78 is 5.90. The minimum atomic E-state index is -0.139. The van der Waals surface area contributed by atoms with Crippen LogP contribution in [0.15, 0.2) is 35.4 Å². The van der Waals surface area contributed by atoms with Crippen LogP contribution in [0.5, 0.6) is 5.75 Å². The highest BCUT2D eigenvalue weighted by atomic mass is 35.5. The van der Waals surface area contributed by atoms with Crippen molar-refractivity contribution in [3.63, 3.8) is 0 Å². The van der Waals surface area contributed by atoms with Crippen LogP contribution < -0.4 is 4.74 Å². The van der Waals surface area contributed by atoms with Crippen LogP contribution in [0, 0.1) is 5.41 Å². The zero-order chi connectivity index (χ0) is 19.2. The van der Waals surface area contributed by atoms with E-state index in [-0.39, 0.29) is 16.2 Å². The van der Waals surface area contributed by atoms with Gasteiger partial charge >= 0.3 is 0 Å². The summed E-state index contributed by atoms with van der Waals surface area (Å²) in [4.78, 5) is 0. The van der Waals surface area contributed by atoms with E-state index >= 15 is 0 Å². The molecule has 0 aliphatic heterocycles. The van der Waals surface area contributed by atoms with Gasteiger partial charge in [-0.1, -0.05) is 90.3 Å². The molecule has 0 fully saturated rings. The Kier molecular flexibility index (Phi) is 5.23. The van der Waals surface area contributed by atoms with E-state index in [0.29, 0.717) is 0 Å². The number of hydrogen-bond donors (Lipinski definition) is 0. The third-order valence-corrected chi connectivity index (χ3v) is 5.59. The first-order chi connectivity index (χ1) is 11.3. The van der Waals surface area contributed by atoms with E-state index in [0.717, 1.165) is 22.8 Å². The fourth-order valence-corrected chi connectivity index (χ4v) is 3.69. The summed E-state index contributed by atoms with van der Waals surface area (Å²) in [6.07, 6.45) is 5.59. The van der Waals surface area contributed by atoms with Crippen molar-refractivity contribution in [3.05, 3.63) is 51.6 Å². The van der Waals surface area contributed by atoms with Gasteiger partial charge in [-0.3, -0.25) is 0 Å². The van der Waals surface area contributed by atoms with Crippen molar-refractivity contribution < 1.29 is 4.74 Å². The SMILES string of the molecule is COc1c(C(C)(C)C)cc(Cl)cc1C(C)(C)C1=CC=C(C(C)(C)C)C1. The van der Waals surface area contributed by atoms with Crippen molar-refractivity contribution in [2.45, 2.75) is 72.6 Å². The molecule has 0 saturated carbocycles. The molecular formula is C23H33ClO. The number of hydrogen-bond acceptors (Lipinski definition) is 1. The molecule has 2 heteroatoms. The maximum atomic E-state index is 6.51. The largest absolute Gasteiger partial charge is 0.496 e. The van der Waals surface area contributed by atoms with E-state index < -0.39 is 0 Å². The van der Waals surface area contributed by atoms with Crippen molar-refractivity contribution in [2.24, 2.45) is 5.41 Å². The van der Waals surface area contributed by atoms with Crippen LogP contribution in [-0.2, 0) is 10.8 Å². The van der Waals surface area contributed by atoms with E-state index in [2.05, 4.69) is 73.6 Å². The molecule has 0 radical (unpaired) electrons. The van der Waals surface area contributed by atoms with Gasteiger partial charge in [0, 0.05) is 21.6 Å². The third kappa shape index (κ3) is 3.97. The molecule has 0 spiro atoms. The monoisotopic (exact) mass is 360 g/mol. The Hall–Kier alpha value is -1.21. The average molecular weight is 361 g/mol. The number of allylic oxidation sites excluding steroid dienone is 4. The first kappa shape index (κ1) is 20.1. The molecule has 1 aliphatic carbocycles. The highest BCUT2D eigenvalue weighted by Crippen LogP contribution is 2.48. The van der Waals surface area contributed by atoms with Crippen molar-refractivity contribution in [3.8, 4) is 5.75 Å². The van der Waals surface area contributed by atoms with Gasteiger partial charge in [-0.2, -0.15) is 0 Å². The van der Waals surface area contributed by atoms with E-state index in [9.17, 15) is 0 Å². The molecule has 1 aromatic rings. The molecular weight excluding hydrogens is 328 g/mol. The highest BCUT2D eigenvalue weighted by molar-refractivity contribution is 6.30. The van der Waals surface area contributed by atoms with Gasteiger partial charge in [-0.25, -0.2) is 0 Å². The maximum absolute atomic E-state index is 6.51. The van der Waals surface area contributed by atoms with Crippen LogP contribution in [0.2, 0.25) is 5.02 Å². The van der Waals surface area contributed by atoms with Crippen LogP contribution in [0.25, 0.3) is 0 Å². The Morgan fingerprint density at radius 3 is 1.76 bits per heavy atom. The smallest absolute Gasteiger partial charge is 0.126 e. The molecule has 1 aromatic carbocycles. The van der Waals surface area contributed by atoms with E-state index in [1.165, 1.54) is 16.7 Å². The molecule has 1 aliphatic rings. The molecule has 0 amide bonds. The van der Waals surface area contributed by atoms with Gasteiger partial charge in [-0.05, 0) is 29.4 Å². The second-order valence-corrected chi connectivity index (χ2v) is 10.2. The predicted octanol–water partition coefficient (Wildman–Crippen LogP) is 7.23. The molecule has 1 nitrogen and oxygen atoms in total. The number of benzene rings is 1. The van der Waals surface area contributed by atoms with Crippen molar-refractivity contribution in [1.82, 2.24) is 0 Å². The normalized spacial score (nSPS) is 15.9. The topological polar surface area (TPSA) is 9.23 Å². The third-order valence-electron chi connectivity index (χ3n) is 5.37. The summed E-state index contributed by atoms with van der Waals surface area (Å²) in [5.74, 6) is 0.965. The van der Waals surface area contributed by atoms with Crippen LogP contribution in [0.3, 0.4) is 0 Å². The number of ether oxygens (including phenoxy) is 1. The summed E-state index contributed by atoms with van der Waals surface area (Å²) in [6.45, 7) is 18.0. The summed E-state index contributed by atoms with van der Waals surface area (Å²) in [7, 11) is 1.76. The summed E-state index contributed by atoms with van der Waals surface area (Å²) in [6, 6.07) is 4.12. The van der Waals surface area contributed by atoms with E-state index in [4.69, 9.17) is 16.3 Å². The molecule has 0 bridgehead atoms. The molecule has 0 atom stereocenters. The predicted molar refractivity (Wildman–Crippen MR) is 110 cm³/mol. The molecule has 0 saturated heterocycles. The zero-order valence-electron chi connectivity index (χ0n) is 17.3. The lowest BCUT2D eigenvalue weighted by Gasteiger charge is -2.34. The highest BCUT2D eigenvalue weighted by Gasteiger charge is 2.35. The number of halogens is 1. The van der Waals surface area contributed by atoms with Gasteiger partial charge in [0.15, 0.2) is 0 Å². The second-order valence-electron chi connectivity index (χ2n) is 9.72. The lowest BCUT2D eigenvalue weighted by Crippen LogP contribution is -2.24. The van der Waals surface area contributed by atoms with Crippen LogP contribution in [-0.4, -0.2) is 7.11 Å². The van der Waals surface area contributed by atoms with Gasteiger partial charge in [0.1, 0.15) is 5.75 Å². The van der Waals surface area contributed by atoms with E-state index in [1.807, 2.05) is 6.07 Å². The maximum Gasteiger partial charge on any atom is 0.126 e. The molecule has 0 heterocycles. The fraction of sp³-hybridized carbons (Fsp3) is 0.565. The first-order valence-corrected chi connectivity index (χ1v) is 9.45. The standard InChI is InChI=1S/C23H33ClO/c1-21(2,3)15-10-11-16(12-15)23(7,8)19-14-17(24)13-18(20(19)25-9)22(4,5)6/h10-11,13-14H,12H2,1-9H3. The van der Waals surface area contributed by atoms with Crippen molar-refractivity contribution in [1.29, 1.82) is 0 Å². The van der Waals surface area contributed by atoms with Gasteiger partial charge in [0.05, 0.1) is 7.11 Å². The minimum absolute atomic E-state index is 0.0278. The molecule has 25 heavy (non-hydrogen) atoms. The second kappa shape index (κ2) is 6.50. The summed E-state index contributed by atoms with van der Waals surface area (Å²) in [5.41, 5.74) is 5.25. The zero-order valence-corrected chi connectivity index (χ0v) is 18.1.